The summed E-state index contributed by atoms with van der Waals surface area (Å²) >= 11 is 0. The average molecular weight is 196 g/mol. The first kappa shape index (κ1) is 9.65. The van der Waals surface area contributed by atoms with Gasteiger partial charge in [-0.25, -0.2) is 0 Å². The molecule has 0 radical (unpaired) electrons. The van der Waals surface area contributed by atoms with E-state index in [2.05, 4.69) is 5.32 Å². The fourth-order valence-electron chi connectivity index (χ4n) is 2.19. The van der Waals surface area contributed by atoms with Gasteiger partial charge < -0.3 is 5.32 Å². The van der Waals surface area contributed by atoms with Crippen LogP contribution >= 0.6 is 0 Å². The molecule has 2 rings (SSSR count). The van der Waals surface area contributed by atoms with E-state index in [0.29, 0.717) is 19.4 Å². The van der Waals surface area contributed by atoms with Crippen molar-refractivity contribution < 1.29 is 9.59 Å². The number of rotatable bonds is 3. The molecule has 2 aliphatic rings. The summed E-state index contributed by atoms with van der Waals surface area (Å²) in [4.78, 5) is 24.2. The topological polar surface area (TPSA) is 49.4 Å². The van der Waals surface area contributed by atoms with Crippen LogP contribution in [-0.2, 0) is 9.59 Å². The molecule has 1 saturated heterocycles. The molecule has 2 amide bonds. The first-order valence-corrected chi connectivity index (χ1v) is 5.19. The Bertz CT molecular complexity index is 250. The molecule has 0 bridgehead atoms. The van der Waals surface area contributed by atoms with E-state index < -0.39 is 0 Å². The van der Waals surface area contributed by atoms with Gasteiger partial charge in [0.15, 0.2) is 0 Å². The van der Waals surface area contributed by atoms with Gasteiger partial charge in [-0.3, -0.25) is 14.5 Å². The molecule has 0 unspecified atom stereocenters. The summed E-state index contributed by atoms with van der Waals surface area (Å²) in [6, 6.07) is 0. The quantitative estimate of drug-likeness (QED) is 0.659. The van der Waals surface area contributed by atoms with Crippen LogP contribution in [0.2, 0.25) is 0 Å². The van der Waals surface area contributed by atoms with Crippen LogP contribution < -0.4 is 5.32 Å². The van der Waals surface area contributed by atoms with E-state index >= 15 is 0 Å². The standard InChI is InChI=1S/C10H16N2O2/c1-11-10(5-2-6-10)7-12-8(13)3-4-9(12)14/h11H,2-7H2,1H3. The summed E-state index contributed by atoms with van der Waals surface area (Å²) in [6.45, 7) is 0.571. The van der Waals surface area contributed by atoms with Gasteiger partial charge in [-0.05, 0) is 26.3 Å². The molecule has 0 aromatic carbocycles. The van der Waals surface area contributed by atoms with Crippen LogP contribution in [0.4, 0.5) is 0 Å². The van der Waals surface area contributed by atoms with Crippen molar-refractivity contribution in [3.8, 4) is 0 Å². The zero-order valence-electron chi connectivity index (χ0n) is 8.51. The molecule has 1 saturated carbocycles. The molecule has 0 spiro atoms. The maximum atomic E-state index is 11.4. The van der Waals surface area contributed by atoms with Crippen molar-refractivity contribution in [3.05, 3.63) is 0 Å². The second-order valence-corrected chi connectivity index (χ2v) is 4.26. The van der Waals surface area contributed by atoms with E-state index in [1.165, 1.54) is 11.3 Å². The zero-order chi connectivity index (χ0) is 10.2. The lowest BCUT2D eigenvalue weighted by Gasteiger charge is -2.43. The van der Waals surface area contributed by atoms with Crippen molar-refractivity contribution >= 4 is 11.8 Å². The number of nitrogens with one attached hydrogen (secondary N) is 1. The van der Waals surface area contributed by atoms with Crippen molar-refractivity contribution in [1.29, 1.82) is 0 Å². The minimum absolute atomic E-state index is 0.00322. The monoisotopic (exact) mass is 196 g/mol. The molecular weight excluding hydrogens is 180 g/mol. The summed E-state index contributed by atoms with van der Waals surface area (Å²) in [5, 5.41) is 3.24. The second kappa shape index (κ2) is 3.35. The third-order valence-electron chi connectivity index (χ3n) is 3.46. The van der Waals surface area contributed by atoms with Gasteiger partial charge in [0.25, 0.3) is 0 Å². The van der Waals surface area contributed by atoms with Gasteiger partial charge in [0.1, 0.15) is 0 Å². The minimum atomic E-state index is -0.00322. The normalized spacial score (nSPS) is 25.4. The molecule has 4 nitrogen and oxygen atoms in total. The lowest BCUT2D eigenvalue weighted by Crippen LogP contribution is -2.57. The number of carbonyl (C=O) groups is 2. The van der Waals surface area contributed by atoms with E-state index in [4.69, 9.17) is 0 Å². The molecule has 0 atom stereocenters. The summed E-state index contributed by atoms with van der Waals surface area (Å²) in [5.74, 6) is -0.00644. The average Bonchev–Trinajstić information content (AvgIpc) is 2.41. The molecule has 1 aliphatic carbocycles. The van der Waals surface area contributed by atoms with Gasteiger partial charge in [-0.1, -0.05) is 0 Å². The molecule has 0 aromatic rings. The van der Waals surface area contributed by atoms with Crippen LogP contribution in [0, 0.1) is 0 Å². The highest BCUT2D eigenvalue weighted by atomic mass is 16.2. The molecular formula is C10H16N2O2. The van der Waals surface area contributed by atoms with Gasteiger partial charge in [0, 0.05) is 24.9 Å². The highest BCUT2D eigenvalue weighted by Gasteiger charge is 2.41. The van der Waals surface area contributed by atoms with Gasteiger partial charge in [-0.15, -0.1) is 0 Å². The zero-order valence-corrected chi connectivity index (χ0v) is 8.51. The second-order valence-electron chi connectivity index (χ2n) is 4.26. The summed E-state index contributed by atoms with van der Waals surface area (Å²) in [5.41, 5.74) is 0.0235. The van der Waals surface area contributed by atoms with Crippen LogP contribution in [0.3, 0.4) is 0 Å². The molecule has 1 aliphatic heterocycles. The van der Waals surface area contributed by atoms with Crippen LogP contribution in [0.25, 0.3) is 0 Å². The molecule has 0 aromatic heterocycles. The number of carbonyl (C=O) groups excluding carboxylic acids is 2. The largest absolute Gasteiger partial charge is 0.313 e. The van der Waals surface area contributed by atoms with Crippen LogP contribution in [0.5, 0.6) is 0 Å². The van der Waals surface area contributed by atoms with Crippen LogP contribution in [0.1, 0.15) is 32.1 Å². The van der Waals surface area contributed by atoms with Gasteiger partial charge in [0.2, 0.25) is 11.8 Å². The van der Waals surface area contributed by atoms with E-state index in [0.717, 1.165) is 12.8 Å². The van der Waals surface area contributed by atoms with E-state index in [1.54, 1.807) is 0 Å². The lowest BCUT2D eigenvalue weighted by molar-refractivity contribution is -0.140. The van der Waals surface area contributed by atoms with E-state index in [9.17, 15) is 9.59 Å². The Labute approximate surface area is 83.6 Å². The van der Waals surface area contributed by atoms with Crippen molar-refractivity contribution in [2.75, 3.05) is 13.6 Å². The van der Waals surface area contributed by atoms with Crippen molar-refractivity contribution in [1.82, 2.24) is 10.2 Å². The fourth-order valence-corrected chi connectivity index (χ4v) is 2.19. The predicted molar refractivity (Wildman–Crippen MR) is 51.6 cm³/mol. The number of likely N-dealkylation sites (N-methyl/N-ethyl adjacent to an activating group) is 1. The number of hydrogen-bond donors (Lipinski definition) is 1. The maximum Gasteiger partial charge on any atom is 0.229 e. The number of likely N-dealkylation sites (tertiary alicyclic amines) is 1. The Morgan fingerprint density at radius 1 is 1.29 bits per heavy atom. The third-order valence-corrected chi connectivity index (χ3v) is 3.46. The lowest BCUT2D eigenvalue weighted by atomic mass is 9.76. The SMILES string of the molecule is CNC1(CN2C(=O)CCC2=O)CCC1. The molecule has 2 fully saturated rings. The Hall–Kier alpha value is -0.900. The van der Waals surface area contributed by atoms with Crippen LogP contribution in [-0.4, -0.2) is 35.8 Å². The summed E-state index contributed by atoms with van der Waals surface area (Å²) < 4.78 is 0. The van der Waals surface area contributed by atoms with Gasteiger partial charge in [-0.2, -0.15) is 0 Å². The van der Waals surface area contributed by atoms with E-state index in [-0.39, 0.29) is 17.4 Å². The summed E-state index contributed by atoms with van der Waals surface area (Å²) in [6.07, 6.45) is 4.13. The minimum Gasteiger partial charge on any atom is -0.313 e. The van der Waals surface area contributed by atoms with Crippen molar-refractivity contribution in [2.24, 2.45) is 0 Å². The Morgan fingerprint density at radius 3 is 2.21 bits per heavy atom. The predicted octanol–water partition coefficient (Wildman–Crippen LogP) is 0.277. The molecule has 1 heterocycles. The number of imide groups is 1. The first-order valence-electron chi connectivity index (χ1n) is 5.19. The Balaban J connectivity index is 2.02. The van der Waals surface area contributed by atoms with Crippen LogP contribution in [0.15, 0.2) is 0 Å². The number of hydrogen-bond acceptors (Lipinski definition) is 3. The Kier molecular flexibility index (Phi) is 2.31. The maximum absolute atomic E-state index is 11.4. The fraction of sp³-hybridized carbons (Fsp3) is 0.800. The van der Waals surface area contributed by atoms with E-state index in [1.807, 2.05) is 7.05 Å². The number of nitrogens with zero attached hydrogens (tertiary/aromatic N) is 1. The third kappa shape index (κ3) is 1.43. The summed E-state index contributed by atoms with van der Waals surface area (Å²) in [7, 11) is 1.91. The van der Waals surface area contributed by atoms with Crippen molar-refractivity contribution in [3.63, 3.8) is 0 Å². The first-order chi connectivity index (χ1) is 6.67. The van der Waals surface area contributed by atoms with Gasteiger partial charge >= 0.3 is 0 Å². The molecule has 78 valence electrons. The highest BCUT2D eigenvalue weighted by Crippen LogP contribution is 2.33. The van der Waals surface area contributed by atoms with Crippen molar-refractivity contribution in [2.45, 2.75) is 37.6 Å². The van der Waals surface area contributed by atoms with Gasteiger partial charge in [0.05, 0.1) is 0 Å². The Morgan fingerprint density at radius 2 is 1.86 bits per heavy atom. The number of amides is 2. The molecule has 14 heavy (non-hydrogen) atoms. The smallest absolute Gasteiger partial charge is 0.229 e. The molecule has 4 heteroatoms. The highest BCUT2D eigenvalue weighted by molar-refractivity contribution is 6.02. The molecule has 1 N–H and O–H groups in total.